The van der Waals surface area contributed by atoms with Crippen LogP contribution in [0.3, 0.4) is 0 Å². The van der Waals surface area contributed by atoms with Gasteiger partial charge in [-0.3, -0.25) is 4.90 Å². The molecule has 4 heterocycles. The summed E-state index contributed by atoms with van der Waals surface area (Å²) in [5.74, 6) is 1.55. The number of piperidine rings is 1. The third-order valence-corrected chi connectivity index (χ3v) is 12.5. The van der Waals surface area contributed by atoms with Crippen molar-refractivity contribution in [1.82, 2.24) is 24.7 Å². The van der Waals surface area contributed by atoms with Gasteiger partial charge in [-0.2, -0.15) is 5.26 Å². The van der Waals surface area contributed by atoms with Crippen LogP contribution < -0.4 is 9.64 Å². The maximum atomic E-state index is 12.5. The van der Waals surface area contributed by atoms with Crippen LogP contribution in [0.15, 0.2) is 54.7 Å². The number of aromatic nitrogens is 2. The molecule has 1 spiro atoms. The van der Waals surface area contributed by atoms with E-state index in [2.05, 4.69) is 51.7 Å². The molecule has 3 saturated heterocycles. The zero-order valence-corrected chi connectivity index (χ0v) is 33.4. The average Bonchev–Trinajstić information content (AvgIpc) is 3.15. The van der Waals surface area contributed by atoms with Gasteiger partial charge in [0.05, 0.1) is 17.3 Å². The van der Waals surface area contributed by atoms with Crippen LogP contribution in [0.5, 0.6) is 5.75 Å². The van der Waals surface area contributed by atoms with Crippen molar-refractivity contribution in [3.63, 3.8) is 0 Å². The van der Waals surface area contributed by atoms with Gasteiger partial charge in [-0.1, -0.05) is 37.6 Å². The Bertz CT molecular complexity index is 1810. The second kappa shape index (κ2) is 15.7. The number of nitriles is 1. The van der Waals surface area contributed by atoms with Gasteiger partial charge >= 0.3 is 6.09 Å². The van der Waals surface area contributed by atoms with Gasteiger partial charge in [-0.15, -0.1) is 0 Å². The quantitative estimate of drug-likeness (QED) is 0.230. The maximum Gasteiger partial charge on any atom is 0.410 e. The highest BCUT2D eigenvalue weighted by Crippen LogP contribution is 2.45. The zero-order valence-electron chi connectivity index (χ0n) is 32.7. The number of amides is 1. The highest BCUT2D eigenvalue weighted by Gasteiger charge is 2.48. The van der Waals surface area contributed by atoms with Gasteiger partial charge < -0.3 is 24.2 Å². The van der Waals surface area contributed by atoms with Crippen LogP contribution in [0.2, 0.25) is 5.02 Å². The smallest absolute Gasteiger partial charge is 0.410 e. The number of carbonyl (C=O) groups excluding carboxylic acids is 1. The van der Waals surface area contributed by atoms with Crippen molar-refractivity contribution in [2.24, 2.45) is 5.41 Å². The Morgan fingerprint density at radius 3 is 2.17 bits per heavy atom. The van der Waals surface area contributed by atoms with Crippen molar-refractivity contribution in [3.8, 4) is 11.8 Å². The standard InChI is InChI=1S/C43H56ClN7O3/c1-41(2,3)54-40(52)51-29-43(30-51)15-10-36(11-16-43)48-18-13-37(14-19-48)49-20-22-50(23-21-49)39-46-17-12-35(47-39)28-53-38-8-6-32(7-9-38)42(4,5)33-24-31(27-45)25-34(44)26-33/h6-9,12,17,24-26,36-37H,10-11,13-16,18-23,28-30H2,1-5H3. The van der Waals surface area contributed by atoms with E-state index >= 15 is 0 Å². The third kappa shape index (κ3) is 8.80. The minimum absolute atomic E-state index is 0.155. The Morgan fingerprint density at radius 1 is 0.870 bits per heavy atom. The highest BCUT2D eigenvalue weighted by atomic mass is 35.5. The molecule has 0 bridgehead atoms. The summed E-state index contributed by atoms with van der Waals surface area (Å²) >= 11 is 6.30. The van der Waals surface area contributed by atoms with E-state index in [-0.39, 0.29) is 11.5 Å². The van der Waals surface area contributed by atoms with E-state index < -0.39 is 5.60 Å². The number of ether oxygens (including phenoxy) is 2. The van der Waals surface area contributed by atoms with E-state index in [9.17, 15) is 10.1 Å². The summed E-state index contributed by atoms with van der Waals surface area (Å²) in [5, 5.41) is 9.97. The van der Waals surface area contributed by atoms with E-state index in [4.69, 9.17) is 26.1 Å². The molecule has 4 aliphatic rings. The fraction of sp³-hybridized carbons (Fsp3) is 0.581. The van der Waals surface area contributed by atoms with Crippen molar-refractivity contribution in [2.75, 3.05) is 57.3 Å². The number of nitrogens with zero attached hydrogens (tertiary/aromatic N) is 7. The van der Waals surface area contributed by atoms with Crippen LogP contribution in [-0.4, -0.2) is 101 Å². The summed E-state index contributed by atoms with van der Waals surface area (Å²) in [5.41, 5.74) is 3.07. The minimum atomic E-state index is -0.435. The largest absolute Gasteiger partial charge is 0.487 e. The Morgan fingerprint density at radius 2 is 1.52 bits per heavy atom. The average molecular weight is 754 g/mol. The molecular formula is C43H56ClN7O3. The maximum absolute atomic E-state index is 12.5. The number of rotatable bonds is 8. The van der Waals surface area contributed by atoms with Crippen LogP contribution in [0.4, 0.5) is 10.7 Å². The lowest BCUT2D eigenvalue weighted by atomic mass is 9.67. The van der Waals surface area contributed by atoms with Crippen LogP contribution >= 0.6 is 11.6 Å². The molecule has 1 aliphatic carbocycles. The fourth-order valence-corrected chi connectivity index (χ4v) is 9.18. The molecule has 3 aliphatic heterocycles. The first-order chi connectivity index (χ1) is 25.8. The SMILES string of the molecule is CC(C)(C)OC(=O)N1CC2(CCC(N3CCC(N4CCN(c5nccc(COc6ccc(C(C)(C)c7cc(Cl)cc(C#N)c7)cc6)n5)CC4)CC3)CC2)C1. The first-order valence-electron chi connectivity index (χ1n) is 19.8. The molecule has 1 saturated carbocycles. The van der Waals surface area contributed by atoms with Crippen molar-refractivity contribution < 1.29 is 14.3 Å². The predicted molar refractivity (Wildman–Crippen MR) is 212 cm³/mol. The molecule has 2 aromatic carbocycles. The van der Waals surface area contributed by atoms with Crippen molar-refractivity contribution >= 4 is 23.6 Å². The lowest BCUT2D eigenvalue weighted by Crippen LogP contribution is -2.61. The van der Waals surface area contributed by atoms with Crippen LogP contribution in [0.1, 0.15) is 95.5 Å². The summed E-state index contributed by atoms with van der Waals surface area (Å²) in [4.78, 5) is 31.6. The summed E-state index contributed by atoms with van der Waals surface area (Å²) in [6, 6.07) is 19.1. The Hall–Kier alpha value is -3.91. The fourth-order valence-electron chi connectivity index (χ4n) is 8.94. The summed E-state index contributed by atoms with van der Waals surface area (Å²) in [6.45, 7) is 18.4. The molecular weight excluding hydrogens is 698 g/mol. The molecule has 0 radical (unpaired) electrons. The van der Waals surface area contributed by atoms with Crippen molar-refractivity contribution in [1.29, 1.82) is 5.26 Å². The van der Waals surface area contributed by atoms with Crippen molar-refractivity contribution in [2.45, 2.75) is 103 Å². The monoisotopic (exact) mass is 753 g/mol. The number of hydrogen-bond acceptors (Lipinski definition) is 9. The Balaban J connectivity index is 0.832. The lowest BCUT2D eigenvalue weighted by Gasteiger charge is -2.54. The molecule has 4 fully saturated rings. The first kappa shape index (κ1) is 38.4. The van der Waals surface area contributed by atoms with Gasteiger partial charge in [0.25, 0.3) is 0 Å². The molecule has 1 aromatic heterocycles. The van der Waals surface area contributed by atoms with E-state index in [0.29, 0.717) is 34.7 Å². The number of halogens is 1. The Labute approximate surface area is 326 Å². The van der Waals surface area contributed by atoms with E-state index in [1.807, 2.05) is 62.2 Å². The van der Waals surface area contributed by atoms with E-state index in [0.717, 1.165) is 67.8 Å². The molecule has 11 heteroatoms. The molecule has 0 N–H and O–H groups in total. The molecule has 0 atom stereocenters. The lowest BCUT2D eigenvalue weighted by molar-refractivity contribution is -0.0605. The summed E-state index contributed by atoms with van der Waals surface area (Å²) < 4.78 is 11.7. The van der Waals surface area contributed by atoms with Gasteiger partial charge in [0.2, 0.25) is 5.95 Å². The van der Waals surface area contributed by atoms with E-state index in [1.54, 1.807) is 6.07 Å². The van der Waals surface area contributed by atoms with Gasteiger partial charge in [0.1, 0.15) is 18.0 Å². The third-order valence-electron chi connectivity index (χ3n) is 12.3. The molecule has 10 nitrogen and oxygen atoms in total. The minimum Gasteiger partial charge on any atom is -0.487 e. The van der Waals surface area contributed by atoms with Gasteiger partial charge in [0.15, 0.2) is 0 Å². The van der Waals surface area contributed by atoms with E-state index in [1.165, 1.54) is 51.6 Å². The van der Waals surface area contributed by atoms with Gasteiger partial charge in [0, 0.05) is 73.4 Å². The van der Waals surface area contributed by atoms with Crippen LogP contribution in [-0.2, 0) is 16.8 Å². The molecule has 3 aromatic rings. The first-order valence-corrected chi connectivity index (χ1v) is 20.1. The predicted octanol–water partition coefficient (Wildman–Crippen LogP) is 7.67. The second-order valence-electron chi connectivity index (χ2n) is 17.5. The zero-order chi connectivity index (χ0) is 38.1. The normalized spacial score (nSPS) is 20.4. The number of likely N-dealkylation sites (tertiary alicyclic amines) is 2. The number of benzene rings is 2. The number of hydrogen-bond donors (Lipinski definition) is 0. The number of anilines is 1. The highest BCUT2D eigenvalue weighted by molar-refractivity contribution is 6.30. The molecule has 54 heavy (non-hydrogen) atoms. The number of carbonyl (C=O) groups is 1. The van der Waals surface area contributed by atoms with Gasteiger partial charge in [-0.05, 0) is 120 Å². The molecule has 1 amide bonds. The summed E-state index contributed by atoms with van der Waals surface area (Å²) in [7, 11) is 0. The molecule has 7 rings (SSSR count). The van der Waals surface area contributed by atoms with Crippen molar-refractivity contribution in [3.05, 3.63) is 82.1 Å². The number of piperazine rings is 1. The summed E-state index contributed by atoms with van der Waals surface area (Å²) in [6.07, 6.45) is 9.08. The second-order valence-corrected chi connectivity index (χ2v) is 17.9. The Kier molecular flexibility index (Phi) is 11.1. The molecule has 288 valence electrons. The topological polar surface area (TPSA) is 98.1 Å². The van der Waals surface area contributed by atoms with Crippen LogP contribution in [0, 0.1) is 16.7 Å². The van der Waals surface area contributed by atoms with Gasteiger partial charge in [-0.25, -0.2) is 14.8 Å². The van der Waals surface area contributed by atoms with Crippen LogP contribution in [0.25, 0.3) is 0 Å². The molecule has 0 unspecified atom stereocenters.